The van der Waals surface area contributed by atoms with E-state index in [0.717, 1.165) is 14.9 Å². The molecule has 1 heterocycles. The van der Waals surface area contributed by atoms with Crippen molar-refractivity contribution in [3.63, 3.8) is 0 Å². The second-order valence-electron chi connectivity index (χ2n) is 5.30. The number of nitrogens with one attached hydrogen (secondary N) is 1. The van der Waals surface area contributed by atoms with Crippen LogP contribution in [0.15, 0.2) is 50.4 Å². The number of thioether (sulfide) groups is 1. The minimum Gasteiger partial charge on any atom is -0.467 e. The number of halogens is 1. The molecule has 2 amide bonds. The van der Waals surface area contributed by atoms with E-state index in [1.165, 1.54) is 16.7 Å². The Morgan fingerprint density at radius 3 is 2.79 bits per heavy atom. The van der Waals surface area contributed by atoms with Gasteiger partial charge in [0.1, 0.15) is 5.76 Å². The maximum absolute atomic E-state index is 12.2. The SMILES string of the molecule is Cc1cc(Br)ccc1SCC(=O)N(C)CC(=O)NCc1ccco1. The predicted octanol–water partition coefficient (Wildman–Crippen LogP) is 3.22. The van der Waals surface area contributed by atoms with E-state index in [-0.39, 0.29) is 18.4 Å². The normalized spacial score (nSPS) is 10.5. The summed E-state index contributed by atoms with van der Waals surface area (Å²) in [5, 5.41) is 2.72. The molecule has 0 unspecified atom stereocenters. The Morgan fingerprint density at radius 1 is 1.33 bits per heavy atom. The fourth-order valence-electron chi connectivity index (χ4n) is 1.98. The van der Waals surface area contributed by atoms with Crippen molar-refractivity contribution >= 4 is 39.5 Å². The molecule has 0 saturated heterocycles. The van der Waals surface area contributed by atoms with Crippen LogP contribution in [-0.2, 0) is 16.1 Å². The van der Waals surface area contributed by atoms with E-state index < -0.39 is 0 Å². The van der Waals surface area contributed by atoms with Crippen LogP contribution < -0.4 is 5.32 Å². The number of amides is 2. The fraction of sp³-hybridized carbons (Fsp3) is 0.294. The maximum atomic E-state index is 12.2. The van der Waals surface area contributed by atoms with Crippen LogP contribution in [0.5, 0.6) is 0 Å². The number of hydrogen-bond acceptors (Lipinski definition) is 4. The average Bonchev–Trinajstić information content (AvgIpc) is 3.05. The molecule has 0 aliphatic heterocycles. The third kappa shape index (κ3) is 5.72. The summed E-state index contributed by atoms with van der Waals surface area (Å²) in [5.74, 6) is 0.672. The van der Waals surface area contributed by atoms with Crippen LogP contribution in [0, 0.1) is 6.92 Å². The highest BCUT2D eigenvalue weighted by molar-refractivity contribution is 9.10. The van der Waals surface area contributed by atoms with Gasteiger partial charge in [-0.3, -0.25) is 9.59 Å². The number of carbonyl (C=O) groups excluding carboxylic acids is 2. The van der Waals surface area contributed by atoms with Gasteiger partial charge in [-0.05, 0) is 42.8 Å². The monoisotopic (exact) mass is 410 g/mol. The van der Waals surface area contributed by atoms with Crippen LogP contribution in [0.25, 0.3) is 0 Å². The topological polar surface area (TPSA) is 62.6 Å². The second-order valence-corrected chi connectivity index (χ2v) is 7.24. The molecule has 5 nitrogen and oxygen atoms in total. The zero-order valence-corrected chi connectivity index (χ0v) is 15.9. The summed E-state index contributed by atoms with van der Waals surface area (Å²) in [5.41, 5.74) is 1.11. The van der Waals surface area contributed by atoms with E-state index in [1.807, 2.05) is 25.1 Å². The number of rotatable bonds is 7. The van der Waals surface area contributed by atoms with E-state index in [9.17, 15) is 9.59 Å². The molecule has 0 aliphatic carbocycles. The van der Waals surface area contributed by atoms with Crippen molar-refractivity contribution in [3.05, 3.63) is 52.4 Å². The predicted molar refractivity (Wildman–Crippen MR) is 97.8 cm³/mol. The van der Waals surface area contributed by atoms with Crippen LogP contribution in [0.1, 0.15) is 11.3 Å². The molecule has 0 aliphatic rings. The van der Waals surface area contributed by atoms with Gasteiger partial charge in [0, 0.05) is 16.4 Å². The van der Waals surface area contributed by atoms with Crippen LogP contribution in [0.3, 0.4) is 0 Å². The van der Waals surface area contributed by atoms with E-state index in [2.05, 4.69) is 21.2 Å². The quantitative estimate of drug-likeness (QED) is 0.711. The van der Waals surface area contributed by atoms with Gasteiger partial charge >= 0.3 is 0 Å². The smallest absolute Gasteiger partial charge is 0.239 e. The number of furan rings is 1. The largest absolute Gasteiger partial charge is 0.467 e. The molecule has 0 bridgehead atoms. The van der Waals surface area contributed by atoms with E-state index in [4.69, 9.17) is 4.42 Å². The van der Waals surface area contributed by atoms with Crippen LogP contribution >= 0.6 is 27.7 Å². The minimum absolute atomic E-state index is 0.0272. The minimum atomic E-state index is -0.216. The lowest BCUT2D eigenvalue weighted by atomic mass is 10.2. The molecule has 128 valence electrons. The van der Waals surface area contributed by atoms with Gasteiger partial charge in [-0.1, -0.05) is 15.9 Å². The molecular weight excluding hydrogens is 392 g/mol. The summed E-state index contributed by atoms with van der Waals surface area (Å²) in [6, 6.07) is 9.49. The zero-order valence-electron chi connectivity index (χ0n) is 13.5. The fourth-order valence-corrected chi connectivity index (χ4v) is 3.41. The Balaban J connectivity index is 1.75. The lowest BCUT2D eigenvalue weighted by molar-refractivity contribution is -0.132. The van der Waals surface area contributed by atoms with Crippen molar-refractivity contribution in [3.8, 4) is 0 Å². The Labute approximate surface area is 153 Å². The molecule has 0 radical (unpaired) electrons. The summed E-state index contributed by atoms with van der Waals surface area (Å²) in [7, 11) is 1.63. The summed E-state index contributed by atoms with van der Waals surface area (Å²) in [6.07, 6.45) is 1.55. The number of carbonyl (C=O) groups is 2. The maximum Gasteiger partial charge on any atom is 0.239 e. The molecule has 0 saturated carbocycles. The van der Waals surface area contributed by atoms with Crippen molar-refractivity contribution in [2.75, 3.05) is 19.3 Å². The number of aryl methyl sites for hydroxylation is 1. The molecule has 0 atom stereocenters. The van der Waals surface area contributed by atoms with Crippen molar-refractivity contribution in [1.82, 2.24) is 10.2 Å². The lowest BCUT2D eigenvalue weighted by Gasteiger charge is -2.16. The van der Waals surface area contributed by atoms with Gasteiger partial charge in [0.2, 0.25) is 11.8 Å². The first-order valence-corrected chi connectivity index (χ1v) is 9.15. The van der Waals surface area contributed by atoms with Gasteiger partial charge in [0.25, 0.3) is 0 Å². The molecule has 0 spiro atoms. The van der Waals surface area contributed by atoms with Gasteiger partial charge in [-0.15, -0.1) is 11.8 Å². The zero-order chi connectivity index (χ0) is 17.5. The van der Waals surface area contributed by atoms with E-state index in [0.29, 0.717) is 18.1 Å². The van der Waals surface area contributed by atoms with E-state index in [1.54, 1.807) is 25.4 Å². The summed E-state index contributed by atoms with van der Waals surface area (Å²) >= 11 is 4.89. The van der Waals surface area contributed by atoms with Crippen LogP contribution in [0.4, 0.5) is 0 Å². The Morgan fingerprint density at radius 2 is 2.12 bits per heavy atom. The number of nitrogens with zero attached hydrogens (tertiary/aromatic N) is 1. The van der Waals surface area contributed by atoms with Gasteiger partial charge in [0.15, 0.2) is 0 Å². The lowest BCUT2D eigenvalue weighted by Crippen LogP contribution is -2.38. The van der Waals surface area contributed by atoms with Gasteiger partial charge < -0.3 is 14.6 Å². The number of likely N-dealkylation sites (N-methyl/N-ethyl adjacent to an activating group) is 1. The Hall–Kier alpha value is -1.73. The first-order valence-electron chi connectivity index (χ1n) is 7.37. The third-order valence-electron chi connectivity index (χ3n) is 3.33. The molecule has 1 N–H and O–H groups in total. The molecule has 24 heavy (non-hydrogen) atoms. The van der Waals surface area contributed by atoms with Crippen molar-refractivity contribution in [2.45, 2.75) is 18.4 Å². The molecule has 2 aromatic rings. The summed E-state index contributed by atoms with van der Waals surface area (Å²) < 4.78 is 6.16. The first-order chi connectivity index (χ1) is 11.5. The molecule has 1 aromatic carbocycles. The standard InChI is InChI=1S/C17H19BrN2O3S/c1-12-8-13(18)5-6-15(12)24-11-17(22)20(2)10-16(21)19-9-14-4-3-7-23-14/h3-8H,9-11H2,1-2H3,(H,19,21). The highest BCUT2D eigenvalue weighted by Gasteiger charge is 2.14. The van der Waals surface area contributed by atoms with Crippen molar-refractivity contribution in [1.29, 1.82) is 0 Å². The van der Waals surface area contributed by atoms with Gasteiger partial charge in [-0.25, -0.2) is 0 Å². The Bertz CT molecular complexity index is 704. The molecular formula is C17H19BrN2O3S. The van der Waals surface area contributed by atoms with E-state index >= 15 is 0 Å². The molecule has 1 aromatic heterocycles. The third-order valence-corrected chi connectivity index (χ3v) is 4.99. The van der Waals surface area contributed by atoms with Gasteiger partial charge in [0.05, 0.1) is 25.1 Å². The van der Waals surface area contributed by atoms with Crippen LogP contribution in [0.2, 0.25) is 0 Å². The highest BCUT2D eigenvalue weighted by Crippen LogP contribution is 2.25. The number of hydrogen-bond donors (Lipinski definition) is 1. The summed E-state index contributed by atoms with van der Waals surface area (Å²) in [6.45, 7) is 2.35. The number of benzene rings is 1. The van der Waals surface area contributed by atoms with Crippen molar-refractivity contribution < 1.29 is 14.0 Å². The first kappa shape index (κ1) is 18.6. The second kappa shape index (κ2) is 8.94. The Kier molecular flexibility index (Phi) is 6.93. The van der Waals surface area contributed by atoms with Gasteiger partial charge in [-0.2, -0.15) is 0 Å². The summed E-state index contributed by atoms with van der Waals surface area (Å²) in [4.78, 5) is 26.5. The average molecular weight is 411 g/mol. The molecule has 2 rings (SSSR count). The molecule has 0 fully saturated rings. The van der Waals surface area contributed by atoms with Crippen LogP contribution in [-0.4, -0.2) is 36.1 Å². The molecule has 7 heteroatoms. The highest BCUT2D eigenvalue weighted by atomic mass is 79.9. The van der Waals surface area contributed by atoms with Crippen molar-refractivity contribution in [2.24, 2.45) is 0 Å².